The summed E-state index contributed by atoms with van der Waals surface area (Å²) in [5, 5.41) is 57.7. The molecule has 2 aromatic rings. The fourth-order valence-electron chi connectivity index (χ4n) is 5.56. The molecule has 0 aromatic carbocycles. The molecular weight excluding hydrogens is 840 g/mol. The predicted molar refractivity (Wildman–Crippen MR) is 212 cm³/mol. The Morgan fingerprint density at radius 2 is 1.05 bits per heavy atom. The minimum Gasteiger partial charge on any atom is -0.481 e. The standard InChI is InChI=1S/C36H54N12O15/c1-5-39-31(57)24(10-27(53)54)44-33(59)23(9-21-13-38-16-42-21)47-36(62)30(18(3)50)48-26(52)14-63-7-6-40-32(58)25(11-28(55)56)45-34(60)22(8-20-12-37-15-41-20)46-35(61)29(17(2)49)43-19(4)51/h12-13,15-18,22-25,29-30,49-50H,5-11,14H2,1-4H3,(H,37,41)(H,38,42)(H,39,57)(H,40,58)(H,43,51)(H,44,59)(H,45,60)(H,46,61)(H,47,62)(H,48,52)(H,53,54)(H,55,56)/t17-,18-,22+,23+,24+,25+,29+,30+/m0/s1. The molecule has 0 spiro atoms. The van der Waals surface area contributed by atoms with E-state index in [1.54, 1.807) is 6.92 Å². The minimum absolute atomic E-state index is 0.135. The summed E-state index contributed by atoms with van der Waals surface area (Å²) in [5.74, 6) is -10.2. The first-order chi connectivity index (χ1) is 29.7. The van der Waals surface area contributed by atoms with Crippen LogP contribution in [0.25, 0.3) is 0 Å². The monoisotopic (exact) mass is 894 g/mol. The van der Waals surface area contributed by atoms with Gasteiger partial charge in [-0.3, -0.25) is 47.9 Å². The number of carboxylic acids is 2. The third-order valence-corrected chi connectivity index (χ3v) is 8.58. The van der Waals surface area contributed by atoms with Gasteiger partial charge in [0.1, 0.15) is 42.9 Å². The molecule has 0 saturated carbocycles. The van der Waals surface area contributed by atoms with E-state index >= 15 is 0 Å². The molecule has 27 heteroatoms. The maximum atomic E-state index is 13.4. The number of amides is 8. The molecular formula is C36H54N12O15. The van der Waals surface area contributed by atoms with Gasteiger partial charge in [-0.1, -0.05) is 0 Å². The van der Waals surface area contributed by atoms with Crippen molar-refractivity contribution in [2.45, 2.75) is 102 Å². The van der Waals surface area contributed by atoms with Crippen LogP contribution in [0.15, 0.2) is 25.0 Å². The number of hydrogen-bond donors (Lipinski definition) is 14. The van der Waals surface area contributed by atoms with Gasteiger partial charge < -0.3 is 77.7 Å². The van der Waals surface area contributed by atoms with Gasteiger partial charge in [0.2, 0.25) is 47.3 Å². The normalized spacial score (nSPS) is 14.7. The number of aliphatic carboxylic acids is 2. The number of nitrogens with zero attached hydrogens (tertiary/aromatic N) is 2. The molecule has 0 saturated heterocycles. The highest BCUT2D eigenvalue weighted by Gasteiger charge is 2.34. The van der Waals surface area contributed by atoms with Gasteiger partial charge in [-0.05, 0) is 20.8 Å². The number of aromatic nitrogens is 4. The van der Waals surface area contributed by atoms with E-state index in [0.717, 1.165) is 6.92 Å². The summed E-state index contributed by atoms with van der Waals surface area (Å²) in [6.07, 6.45) is 0.217. The lowest BCUT2D eigenvalue weighted by Crippen LogP contribution is -2.59. The molecule has 2 aromatic heterocycles. The molecule has 0 fully saturated rings. The van der Waals surface area contributed by atoms with Crippen LogP contribution < -0.4 is 42.5 Å². The van der Waals surface area contributed by atoms with E-state index in [9.17, 15) is 68.4 Å². The third kappa shape index (κ3) is 19.1. The largest absolute Gasteiger partial charge is 0.481 e. The third-order valence-electron chi connectivity index (χ3n) is 8.58. The highest BCUT2D eigenvalue weighted by molar-refractivity contribution is 5.97. The number of imidazole rings is 2. The summed E-state index contributed by atoms with van der Waals surface area (Å²) in [5.41, 5.74) is 0.701. The highest BCUT2D eigenvalue weighted by Crippen LogP contribution is 2.06. The van der Waals surface area contributed by atoms with Crippen LogP contribution in [-0.2, 0) is 65.5 Å². The van der Waals surface area contributed by atoms with Crippen molar-refractivity contribution in [3.8, 4) is 0 Å². The highest BCUT2D eigenvalue weighted by atomic mass is 16.5. The van der Waals surface area contributed by atoms with E-state index in [-0.39, 0.29) is 32.5 Å². The van der Waals surface area contributed by atoms with Crippen LogP contribution in [0, 0.1) is 0 Å². The fourth-order valence-corrected chi connectivity index (χ4v) is 5.56. The van der Waals surface area contributed by atoms with Crippen molar-refractivity contribution in [2.24, 2.45) is 0 Å². The summed E-state index contributed by atoms with van der Waals surface area (Å²) < 4.78 is 5.25. The number of carboxylic acid groups (broad SMARTS) is 2. The maximum Gasteiger partial charge on any atom is 0.305 e. The number of hydrogen-bond acceptors (Lipinski definition) is 15. The lowest BCUT2D eigenvalue weighted by molar-refractivity contribution is -0.141. The van der Waals surface area contributed by atoms with Crippen LogP contribution in [0.4, 0.5) is 0 Å². The average Bonchev–Trinajstić information content (AvgIpc) is 3.92. The minimum atomic E-state index is -1.69. The Morgan fingerprint density at radius 3 is 1.43 bits per heavy atom. The van der Waals surface area contributed by atoms with E-state index < -0.39 is 127 Å². The summed E-state index contributed by atoms with van der Waals surface area (Å²) in [6.45, 7) is 3.79. The zero-order valence-electron chi connectivity index (χ0n) is 34.8. The molecule has 0 unspecified atom stereocenters. The Hall–Kier alpha value is -7.00. The van der Waals surface area contributed by atoms with Crippen molar-refractivity contribution < 1.29 is 73.1 Å². The van der Waals surface area contributed by atoms with E-state index in [1.807, 2.05) is 0 Å². The number of H-pyrrole nitrogens is 2. The topological polar surface area (TPSA) is 414 Å². The van der Waals surface area contributed by atoms with Crippen molar-refractivity contribution in [1.29, 1.82) is 0 Å². The van der Waals surface area contributed by atoms with Crippen molar-refractivity contribution in [3.63, 3.8) is 0 Å². The SMILES string of the molecule is CCNC(=O)[C@@H](CC(=O)O)NC(=O)[C@@H](Cc1cnc[nH]1)NC(=O)[C@H](NC(=O)COCCNC(=O)[C@@H](CC(=O)O)NC(=O)[C@@H](Cc1cnc[nH]1)NC(=O)[C@H](NC(C)=O)[C@H](C)O)[C@H](C)O. The summed E-state index contributed by atoms with van der Waals surface area (Å²) in [7, 11) is 0. The van der Waals surface area contributed by atoms with Crippen LogP contribution in [0.3, 0.4) is 0 Å². The Labute approximate surface area is 359 Å². The molecule has 0 aliphatic heterocycles. The molecule has 2 rings (SSSR count). The second-order valence-corrected chi connectivity index (χ2v) is 13.9. The number of carbonyl (C=O) groups is 10. The van der Waals surface area contributed by atoms with E-state index in [2.05, 4.69) is 62.5 Å². The molecule has 63 heavy (non-hydrogen) atoms. The number of aliphatic hydroxyl groups is 2. The molecule has 2 heterocycles. The Balaban J connectivity index is 2.04. The van der Waals surface area contributed by atoms with Crippen LogP contribution in [0.1, 0.15) is 51.9 Å². The second-order valence-electron chi connectivity index (χ2n) is 13.9. The number of carbonyl (C=O) groups excluding carboxylic acids is 8. The van der Waals surface area contributed by atoms with Gasteiger partial charge in [0.05, 0.1) is 44.3 Å². The molecule has 14 N–H and O–H groups in total. The zero-order valence-corrected chi connectivity index (χ0v) is 34.8. The molecule has 0 bridgehead atoms. The van der Waals surface area contributed by atoms with Gasteiger partial charge in [-0.2, -0.15) is 0 Å². The van der Waals surface area contributed by atoms with Crippen LogP contribution in [-0.4, -0.2) is 174 Å². The Morgan fingerprint density at radius 1 is 0.619 bits per heavy atom. The van der Waals surface area contributed by atoms with Gasteiger partial charge in [-0.25, -0.2) is 9.97 Å². The smallest absolute Gasteiger partial charge is 0.305 e. The Bertz CT molecular complexity index is 1870. The van der Waals surface area contributed by atoms with Crippen LogP contribution in [0.2, 0.25) is 0 Å². The molecule has 0 aliphatic carbocycles. The molecule has 8 amide bonds. The summed E-state index contributed by atoms with van der Waals surface area (Å²) >= 11 is 0. The first-order valence-electron chi connectivity index (χ1n) is 19.4. The number of likely N-dealkylation sites (N-methyl/N-ethyl adjacent to an activating group) is 1. The van der Waals surface area contributed by atoms with Crippen LogP contribution in [0.5, 0.6) is 0 Å². The molecule has 0 aliphatic rings. The summed E-state index contributed by atoms with van der Waals surface area (Å²) in [4.78, 5) is 139. The summed E-state index contributed by atoms with van der Waals surface area (Å²) in [6, 6.07) is -9.25. The molecule has 0 radical (unpaired) electrons. The fraction of sp³-hybridized carbons (Fsp3) is 0.556. The molecule has 8 atom stereocenters. The van der Waals surface area contributed by atoms with Crippen molar-refractivity contribution in [2.75, 3.05) is 26.3 Å². The van der Waals surface area contributed by atoms with Crippen molar-refractivity contribution in [1.82, 2.24) is 62.5 Å². The average molecular weight is 895 g/mol. The number of aromatic amines is 2. The second kappa shape index (κ2) is 26.4. The number of aliphatic hydroxyl groups excluding tert-OH is 2. The quantitative estimate of drug-likeness (QED) is 0.0353. The van der Waals surface area contributed by atoms with Gasteiger partial charge in [0.15, 0.2) is 0 Å². The van der Waals surface area contributed by atoms with E-state index in [4.69, 9.17) is 4.74 Å². The molecule has 348 valence electrons. The van der Waals surface area contributed by atoms with Gasteiger partial charge in [0.25, 0.3) is 0 Å². The van der Waals surface area contributed by atoms with Gasteiger partial charge >= 0.3 is 11.9 Å². The number of ether oxygens (including phenoxy) is 1. The zero-order chi connectivity index (χ0) is 47.2. The maximum absolute atomic E-state index is 13.4. The Kier molecular flexibility index (Phi) is 21.8. The van der Waals surface area contributed by atoms with Gasteiger partial charge in [-0.15, -0.1) is 0 Å². The van der Waals surface area contributed by atoms with Gasteiger partial charge in [0, 0.05) is 56.6 Å². The molecule has 27 nitrogen and oxygen atoms in total. The number of rotatable bonds is 28. The predicted octanol–water partition coefficient (Wildman–Crippen LogP) is -6.17. The first kappa shape index (κ1) is 52.1. The van der Waals surface area contributed by atoms with E-state index in [0.29, 0.717) is 11.4 Å². The van der Waals surface area contributed by atoms with E-state index in [1.165, 1.54) is 38.9 Å². The number of nitrogens with one attached hydrogen (secondary N) is 10. The first-order valence-corrected chi connectivity index (χ1v) is 19.4. The van der Waals surface area contributed by atoms with Crippen LogP contribution >= 0.6 is 0 Å². The lowest BCUT2D eigenvalue weighted by atomic mass is 10.1. The van der Waals surface area contributed by atoms with Crippen molar-refractivity contribution >= 4 is 59.2 Å². The van der Waals surface area contributed by atoms with Crippen molar-refractivity contribution in [3.05, 3.63) is 36.4 Å². The lowest BCUT2D eigenvalue weighted by Gasteiger charge is -2.26.